The Labute approximate surface area is 193 Å². The Morgan fingerprint density at radius 3 is 2.64 bits per heavy atom. The molecule has 2 aromatic carbocycles. The van der Waals surface area contributed by atoms with Crippen LogP contribution in [0, 0.1) is 6.92 Å². The van der Waals surface area contributed by atoms with Crippen LogP contribution in [0.15, 0.2) is 48.5 Å². The number of amides is 2. The van der Waals surface area contributed by atoms with Gasteiger partial charge in [0.25, 0.3) is 0 Å². The number of hydrogen-bond donors (Lipinski definition) is 1. The fraction of sp³-hybridized carbons (Fsp3) is 0.440. The zero-order chi connectivity index (χ0) is 23.2. The molecule has 1 aliphatic rings. The number of nitrogens with zero attached hydrogens (tertiary/aromatic N) is 4. The van der Waals surface area contributed by atoms with Crippen molar-refractivity contribution >= 4 is 22.8 Å². The van der Waals surface area contributed by atoms with E-state index in [1.54, 1.807) is 16.7 Å². The minimum atomic E-state index is -0.746. The highest BCUT2D eigenvalue weighted by Gasteiger charge is 2.34. The molecular weight excluding hydrogens is 418 g/mol. The summed E-state index contributed by atoms with van der Waals surface area (Å²) >= 11 is 0. The SMILES string of the molecule is COCCN(C(=O)Cn1nnc2ccccc21)[C@@H](C(=O)NC1CCCC1)c1ccccc1C. The average Bonchev–Trinajstić information content (AvgIpc) is 3.47. The number of methoxy groups -OCH3 is 1. The van der Waals surface area contributed by atoms with Crippen LogP contribution in [0.3, 0.4) is 0 Å². The molecule has 1 aliphatic carbocycles. The summed E-state index contributed by atoms with van der Waals surface area (Å²) in [5.41, 5.74) is 3.29. The highest BCUT2D eigenvalue weighted by molar-refractivity contribution is 5.89. The van der Waals surface area contributed by atoms with Gasteiger partial charge in [0.15, 0.2) is 0 Å². The normalized spacial score (nSPS) is 15.0. The third-order valence-electron chi connectivity index (χ3n) is 6.31. The summed E-state index contributed by atoms with van der Waals surface area (Å²) in [6, 6.07) is 14.7. The molecule has 0 spiro atoms. The molecule has 1 N–H and O–H groups in total. The highest BCUT2D eigenvalue weighted by Crippen LogP contribution is 2.27. The molecule has 0 bridgehead atoms. The van der Waals surface area contributed by atoms with Crippen molar-refractivity contribution in [2.75, 3.05) is 20.3 Å². The van der Waals surface area contributed by atoms with E-state index in [2.05, 4.69) is 15.6 Å². The molecule has 8 heteroatoms. The lowest BCUT2D eigenvalue weighted by Crippen LogP contribution is -2.48. The molecule has 1 fully saturated rings. The van der Waals surface area contributed by atoms with Crippen LogP contribution >= 0.6 is 0 Å². The first-order chi connectivity index (χ1) is 16.1. The Kier molecular flexibility index (Phi) is 7.34. The third kappa shape index (κ3) is 5.22. The highest BCUT2D eigenvalue weighted by atomic mass is 16.5. The molecule has 3 aromatic rings. The Morgan fingerprint density at radius 2 is 1.88 bits per heavy atom. The molecule has 0 unspecified atom stereocenters. The number of aromatic nitrogens is 3. The first kappa shape index (κ1) is 22.9. The van der Waals surface area contributed by atoms with Crippen LogP contribution in [-0.4, -0.2) is 58.0 Å². The van der Waals surface area contributed by atoms with E-state index in [-0.39, 0.29) is 24.4 Å². The predicted octanol–water partition coefficient (Wildman–Crippen LogP) is 3.01. The Hall–Kier alpha value is -3.26. The molecule has 174 valence electrons. The molecule has 33 heavy (non-hydrogen) atoms. The van der Waals surface area contributed by atoms with E-state index in [1.807, 2.05) is 55.5 Å². The van der Waals surface area contributed by atoms with Crippen LogP contribution in [0.4, 0.5) is 0 Å². The summed E-state index contributed by atoms with van der Waals surface area (Å²) in [5, 5.41) is 11.5. The van der Waals surface area contributed by atoms with Crippen molar-refractivity contribution in [2.45, 2.75) is 51.2 Å². The van der Waals surface area contributed by atoms with Crippen molar-refractivity contribution in [3.63, 3.8) is 0 Å². The average molecular weight is 450 g/mol. The lowest BCUT2D eigenvalue weighted by atomic mass is 9.98. The van der Waals surface area contributed by atoms with E-state index < -0.39 is 6.04 Å². The maximum atomic E-state index is 13.6. The van der Waals surface area contributed by atoms with Gasteiger partial charge in [0.2, 0.25) is 11.8 Å². The van der Waals surface area contributed by atoms with E-state index in [1.165, 1.54) is 0 Å². The van der Waals surface area contributed by atoms with Crippen LogP contribution < -0.4 is 5.32 Å². The van der Waals surface area contributed by atoms with Crippen molar-refractivity contribution in [1.29, 1.82) is 0 Å². The number of carbonyl (C=O) groups excluding carboxylic acids is 2. The molecule has 0 saturated heterocycles. The summed E-state index contributed by atoms with van der Waals surface area (Å²) in [6.45, 7) is 2.57. The fourth-order valence-electron chi connectivity index (χ4n) is 4.54. The van der Waals surface area contributed by atoms with Gasteiger partial charge < -0.3 is 15.0 Å². The Morgan fingerprint density at radius 1 is 1.15 bits per heavy atom. The first-order valence-electron chi connectivity index (χ1n) is 11.5. The number of rotatable bonds is 9. The van der Waals surface area contributed by atoms with Gasteiger partial charge in [0.1, 0.15) is 18.1 Å². The smallest absolute Gasteiger partial charge is 0.247 e. The van der Waals surface area contributed by atoms with Crippen LogP contribution in [-0.2, 0) is 20.9 Å². The number of nitrogens with one attached hydrogen (secondary N) is 1. The summed E-state index contributed by atoms with van der Waals surface area (Å²) in [7, 11) is 1.59. The molecule has 1 saturated carbocycles. The first-order valence-corrected chi connectivity index (χ1v) is 11.5. The summed E-state index contributed by atoms with van der Waals surface area (Å²) < 4.78 is 6.88. The molecule has 1 heterocycles. The number of ether oxygens (including phenoxy) is 1. The standard InChI is InChI=1S/C25H31N5O3/c1-18-9-3-6-12-20(18)24(25(32)26-19-10-4-5-11-19)29(15-16-33-2)23(31)17-30-22-14-8-7-13-21(22)27-28-30/h3,6-9,12-14,19,24H,4-5,10-11,15-17H2,1-2H3,(H,26,32)/t24-/m1/s1. The minimum Gasteiger partial charge on any atom is -0.383 e. The third-order valence-corrected chi connectivity index (χ3v) is 6.31. The van der Waals surface area contributed by atoms with Crippen molar-refractivity contribution in [3.05, 3.63) is 59.7 Å². The summed E-state index contributed by atoms with van der Waals surface area (Å²) in [6.07, 6.45) is 4.18. The Balaban J connectivity index is 1.66. The second-order valence-corrected chi connectivity index (χ2v) is 8.56. The molecule has 0 aliphatic heterocycles. The van der Waals surface area contributed by atoms with Crippen molar-refractivity contribution in [2.24, 2.45) is 0 Å². The number of hydrogen-bond acceptors (Lipinski definition) is 5. The minimum absolute atomic E-state index is 0.0106. The lowest BCUT2D eigenvalue weighted by Gasteiger charge is -2.33. The van der Waals surface area contributed by atoms with Gasteiger partial charge in [-0.1, -0.05) is 54.5 Å². The zero-order valence-electron chi connectivity index (χ0n) is 19.2. The van der Waals surface area contributed by atoms with Gasteiger partial charge in [-0.2, -0.15) is 0 Å². The second-order valence-electron chi connectivity index (χ2n) is 8.56. The molecule has 2 amide bonds. The van der Waals surface area contributed by atoms with E-state index in [4.69, 9.17) is 4.74 Å². The van der Waals surface area contributed by atoms with E-state index in [9.17, 15) is 9.59 Å². The molecule has 4 rings (SSSR count). The number of para-hydroxylation sites is 1. The van der Waals surface area contributed by atoms with Crippen molar-refractivity contribution in [1.82, 2.24) is 25.2 Å². The largest absolute Gasteiger partial charge is 0.383 e. The van der Waals surface area contributed by atoms with Crippen LogP contribution in [0.1, 0.15) is 42.9 Å². The monoisotopic (exact) mass is 449 g/mol. The van der Waals surface area contributed by atoms with Gasteiger partial charge in [-0.25, -0.2) is 4.68 Å². The molecule has 1 atom stereocenters. The fourth-order valence-corrected chi connectivity index (χ4v) is 4.54. The van der Waals surface area contributed by atoms with Crippen LogP contribution in [0.25, 0.3) is 11.0 Å². The molecule has 0 radical (unpaired) electrons. The second kappa shape index (κ2) is 10.6. The zero-order valence-corrected chi connectivity index (χ0v) is 19.2. The van der Waals surface area contributed by atoms with Gasteiger partial charge in [-0.15, -0.1) is 5.10 Å². The van der Waals surface area contributed by atoms with Gasteiger partial charge in [0.05, 0.1) is 12.1 Å². The van der Waals surface area contributed by atoms with Gasteiger partial charge in [-0.3, -0.25) is 9.59 Å². The lowest BCUT2D eigenvalue weighted by molar-refractivity contribution is -0.142. The predicted molar refractivity (Wildman–Crippen MR) is 125 cm³/mol. The van der Waals surface area contributed by atoms with Gasteiger partial charge in [0, 0.05) is 19.7 Å². The molecule has 1 aromatic heterocycles. The maximum Gasteiger partial charge on any atom is 0.247 e. The number of fused-ring (bicyclic) bond motifs is 1. The maximum absolute atomic E-state index is 13.6. The number of aryl methyl sites for hydroxylation is 1. The van der Waals surface area contributed by atoms with Gasteiger partial charge >= 0.3 is 0 Å². The Bertz CT molecular complexity index is 1110. The quantitative estimate of drug-likeness (QED) is 0.542. The van der Waals surface area contributed by atoms with Crippen molar-refractivity contribution in [3.8, 4) is 0 Å². The van der Waals surface area contributed by atoms with Crippen molar-refractivity contribution < 1.29 is 14.3 Å². The van der Waals surface area contributed by atoms with E-state index in [0.29, 0.717) is 13.2 Å². The molecular formula is C25H31N5O3. The summed E-state index contributed by atoms with van der Waals surface area (Å²) in [4.78, 5) is 28.8. The number of benzene rings is 2. The van der Waals surface area contributed by atoms with Crippen LogP contribution in [0.2, 0.25) is 0 Å². The topological polar surface area (TPSA) is 89.3 Å². The molecule has 8 nitrogen and oxygen atoms in total. The van der Waals surface area contributed by atoms with E-state index >= 15 is 0 Å². The number of carbonyl (C=O) groups is 2. The van der Waals surface area contributed by atoms with Crippen LogP contribution in [0.5, 0.6) is 0 Å². The summed E-state index contributed by atoms with van der Waals surface area (Å²) in [5.74, 6) is -0.360. The van der Waals surface area contributed by atoms with E-state index in [0.717, 1.165) is 47.8 Å². The van der Waals surface area contributed by atoms with Gasteiger partial charge in [-0.05, 0) is 43.0 Å².